The van der Waals surface area contributed by atoms with Crippen LogP contribution in [0, 0.1) is 17.3 Å². The van der Waals surface area contributed by atoms with Crippen LogP contribution in [-0.4, -0.2) is 37.3 Å². The molecule has 0 aliphatic carbocycles. The maximum Gasteiger partial charge on any atom is 0.324 e. The molecule has 0 rings (SSSR count). The molecule has 0 saturated carbocycles. The van der Waals surface area contributed by atoms with Crippen molar-refractivity contribution >= 4 is 29.8 Å². The Kier molecular flexibility index (Phi) is 8.64. The molecule has 0 aromatic rings. The minimum Gasteiger partial charge on any atom is -0.465 e. The van der Waals surface area contributed by atoms with Gasteiger partial charge in [0.25, 0.3) is 0 Å². The number of esters is 2. The third kappa shape index (κ3) is 4.92. The van der Waals surface area contributed by atoms with Gasteiger partial charge in [-0.1, -0.05) is 5.92 Å². The monoisotopic (exact) mass is 288 g/mol. The van der Waals surface area contributed by atoms with Gasteiger partial charge in [0.05, 0.1) is 19.1 Å². The Bertz CT molecular complexity index is 362. The SMILES string of the molecule is CCOC(=O)C(CC#CCCl)(CC=O)C(=O)OCC. The fraction of sp³-hybridized carbons (Fsp3) is 0.615. The van der Waals surface area contributed by atoms with Crippen LogP contribution in [-0.2, 0) is 23.9 Å². The molecule has 0 fully saturated rings. The normalized spacial score (nSPS) is 10.1. The molecule has 0 N–H and O–H groups in total. The van der Waals surface area contributed by atoms with Gasteiger partial charge in [0.1, 0.15) is 6.29 Å². The lowest BCUT2D eigenvalue weighted by atomic mass is 9.81. The molecule has 19 heavy (non-hydrogen) atoms. The first-order valence-corrected chi connectivity index (χ1v) is 6.42. The van der Waals surface area contributed by atoms with Crippen molar-refractivity contribution in [1.29, 1.82) is 0 Å². The second-order valence-electron chi connectivity index (χ2n) is 3.56. The molecule has 0 aromatic carbocycles. The van der Waals surface area contributed by atoms with Crippen LogP contribution in [0.15, 0.2) is 0 Å². The van der Waals surface area contributed by atoms with Gasteiger partial charge < -0.3 is 14.3 Å². The number of aldehydes is 1. The summed E-state index contributed by atoms with van der Waals surface area (Å²) in [6, 6.07) is 0. The van der Waals surface area contributed by atoms with Crippen molar-refractivity contribution in [2.45, 2.75) is 26.7 Å². The molecule has 0 saturated heterocycles. The number of hydrogen-bond donors (Lipinski definition) is 0. The van der Waals surface area contributed by atoms with Gasteiger partial charge in [0.15, 0.2) is 5.41 Å². The van der Waals surface area contributed by atoms with Crippen LogP contribution in [0.3, 0.4) is 0 Å². The van der Waals surface area contributed by atoms with E-state index >= 15 is 0 Å². The summed E-state index contributed by atoms with van der Waals surface area (Å²) in [6.07, 6.45) is -0.00598. The summed E-state index contributed by atoms with van der Waals surface area (Å²) in [4.78, 5) is 34.7. The van der Waals surface area contributed by atoms with Gasteiger partial charge in [0, 0.05) is 12.8 Å². The van der Waals surface area contributed by atoms with Gasteiger partial charge in [-0.25, -0.2) is 0 Å². The van der Waals surface area contributed by atoms with Gasteiger partial charge in [-0.05, 0) is 13.8 Å². The maximum absolute atomic E-state index is 12.0. The Morgan fingerprint density at radius 2 is 1.68 bits per heavy atom. The summed E-state index contributed by atoms with van der Waals surface area (Å²) in [5.74, 6) is 3.61. The first-order chi connectivity index (χ1) is 9.08. The number of rotatable bonds is 7. The zero-order valence-corrected chi connectivity index (χ0v) is 11.8. The van der Waals surface area contributed by atoms with Crippen LogP contribution in [0.1, 0.15) is 26.7 Å². The zero-order chi connectivity index (χ0) is 14.7. The van der Waals surface area contributed by atoms with Gasteiger partial charge in [-0.3, -0.25) is 9.59 Å². The largest absolute Gasteiger partial charge is 0.465 e. The van der Waals surface area contributed by atoms with E-state index in [1.165, 1.54) is 0 Å². The van der Waals surface area contributed by atoms with E-state index in [9.17, 15) is 14.4 Å². The highest BCUT2D eigenvalue weighted by molar-refractivity contribution is 6.19. The Morgan fingerprint density at radius 3 is 2.05 bits per heavy atom. The molecule has 0 aliphatic rings. The van der Waals surface area contributed by atoms with Crippen LogP contribution in [0.2, 0.25) is 0 Å². The Labute approximate surface area is 117 Å². The number of alkyl halides is 1. The second kappa shape index (κ2) is 9.40. The number of hydrogen-bond acceptors (Lipinski definition) is 5. The molecular formula is C13H17ClO5. The molecule has 0 bridgehead atoms. The third-order valence-electron chi connectivity index (χ3n) is 2.35. The maximum atomic E-state index is 12.0. The van der Waals surface area contributed by atoms with Crippen LogP contribution in [0.5, 0.6) is 0 Å². The second-order valence-corrected chi connectivity index (χ2v) is 3.83. The van der Waals surface area contributed by atoms with Crippen LogP contribution in [0.4, 0.5) is 0 Å². The topological polar surface area (TPSA) is 69.7 Å². The number of ether oxygens (including phenoxy) is 2. The van der Waals surface area contributed by atoms with Crippen molar-refractivity contribution < 1.29 is 23.9 Å². The van der Waals surface area contributed by atoms with Crippen LogP contribution >= 0.6 is 11.6 Å². The lowest BCUT2D eigenvalue weighted by Crippen LogP contribution is -2.42. The fourth-order valence-corrected chi connectivity index (χ4v) is 1.50. The van der Waals surface area contributed by atoms with E-state index < -0.39 is 17.4 Å². The molecule has 0 unspecified atom stereocenters. The summed E-state index contributed by atoms with van der Waals surface area (Å²) in [6.45, 7) is 3.42. The van der Waals surface area contributed by atoms with E-state index in [1.807, 2.05) is 0 Å². The quantitative estimate of drug-likeness (QED) is 0.232. The van der Waals surface area contributed by atoms with Gasteiger partial charge in [-0.2, -0.15) is 0 Å². The van der Waals surface area contributed by atoms with Crippen molar-refractivity contribution in [3.05, 3.63) is 0 Å². The first kappa shape index (κ1) is 17.5. The van der Waals surface area contributed by atoms with E-state index in [1.54, 1.807) is 13.8 Å². The minimum atomic E-state index is -1.70. The fourth-order valence-electron chi connectivity index (χ4n) is 1.41. The molecule has 5 nitrogen and oxygen atoms in total. The van der Waals surface area contributed by atoms with E-state index in [2.05, 4.69) is 11.8 Å². The lowest BCUT2D eigenvalue weighted by Gasteiger charge is -2.25. The van der Waals surface area contributed by atoms with Crippen molar-refractivity contribution in [3.63, 3.8) is 0 Å². The smallest absolute Gasteiger partial charge is 0.324 e. The zero-order valence-electron chi connectivity index (χ0n) is 11.0. The number of carbonyl (C=O) groups is 3. The molecule has 0 amide bonds. The van der Waals surface area contributed by atoms with Gasteiger partial charge in [-0.15, -0.1) is 17.5 Å². The Morgan fingerprint density at radius 1 is 1.16 bits per heavy atom. The van der Waals surface area contributed by atoms with Crippen molar-refractivity contribution in [1.82, 2.24) is 0 Å². The standard InChI is InChI=1S/C13H17ClO5/c1-3-18-11(16)13(8-10-15,7-5-6-9-14)12(17)19-4-2/h10H,3-4,7-9H2,1-2H3. The summed E-state index contributed by atoms with van der Waals surface area (Å²) in [7, 11) is 0. The Hall–Kier alpha value is -1.54. The lowest BCUT2D eigenvalue weighted by molar-refractivity contribution is -0.172. The highest BCUT2D eigenvalue weighted by Gasteiger charge is 2.48. The van der Waals surface area contributed by atoms with Crippen molar-refractivity contribution in [3.8, 4) is 11.8 Å². The molecule has 6 heteroatoms. The molecule has 0 aromatic heterocycles. The molecule has 0 heterocycles. The highest BCUT2D eigenvalue weighted by atomic mass is 35.5. The molecular weight excluding hydrogens is 272 g/mol. The van der Waals surface area contributed by atoms with Crippen molar-refractivity contribution in [2.75, 3.05) is 19.1 Å². The molecule has 0 aliphatic heterocycles. The Balaban J connectivity index is 5.37. The summed E-state index contributed by atoms with van der Waals surface area (Å²) in [5, 5.41) is 0. The highest BCUT2D eigenvalue weighted by Crippen LogP contribution is 2.29. The molecule has 0 radical (unpaired) electrons. The number of halogens is 1. The predicted octanol–water partition coefficient (Wildman–Crippen LogP) is 1.32. The average Bonchev–Trinajstić information content (AvgIpc) is 2.38. The summed E-state index contributed by atoms with van der Waals surface area (Å²) >= 11 is 5.41. The van der Waals surface area contributed by atoms with E-state index in [4.69, 9.17) is 21.1 Å². The van der Waals surface area contributed by atoms with Gasteiger partial charge in [0.2, 0.25) is 0 Å². The number of carbonyl (C=O) groups excluding carboxylic acids is 3. The molecule has 0 spiro atoms. The first-order valence-electron chi connectivity index (χ1n) is 5.88. The van der Waals surface area contributed by atoms with Crippen LogP contribution < -0.4 is 0 Å². The molecule has 106 valence electrons. The van der Waals surface area contributed by atoms with E-state index in [0.29, 0.717) is 6.29 Å². The van der Waals surface area contributed by atoms with Crippen LogP contribution in [0.25, 0.3) is 0 Å². The molecule has 0 atom stereocenters. The summed E-state index contributed by atoms with van der Waals surface area (Å²) < 4.78 is 9.72. The van der Waals surface area contributed by atoms with Gasteiger partial charge >= 0.3 is 11.9 Å². The minimum absolute atomic E-state index is 0.0722. The predicted molar refractivity (Wildman–Crippen MR) is 69.5 cm³/mol. The van der Waals surface area contributed by atoms with E-state index in [0.717, 1.165) is 0 Å². The summed E-state index contributed by atoms with van der Waals surface area (Å²) in [5.41, 5.74) is -1.70. The van der Waals surface area contributed by atoms with E-state index in [-0.39, 0.29) is 31.9 Å². The average molecular weight is 289 g/mol. The third-order valence-corrected chi connectivity index (χ3v) is 2.48. The van der Waals surface area contributed by atoms with Crippen molar-refractivity contribution in [2.24, 2.45) is 5.41 Å².